The highest BCUT2D eigenvalue weighted by Crippen LogP contribution is 2.33. The monoisotopic (exact) mass is 397 g/mol. The Hall–Kier alpha value is -1.74. The lowest BCUT2D eigenvalue weighted by Crippen LogP contribution is -2.24. The lowest BCUT2D eigenvalue weighted by atomic mass is 10.2. The van der Waals surface area contributed by atoms with Crippen LogP contribution in [0.25, 0.3) is 22.2 Å². The minimum absolute atomic E-state index is 0.243. The second kappa shape index (κ2) is 7.25. The normalized spacial score (nSPS) is 11.8. The number of aryl methyl sites for hydroxylation is 1. The molecule has 3 aromatic rings. The maximum atomic E-state index is 12.3. The standard InChI is InChI=1S/C16H16ClN3O3S2/c1-3-8-18-25(21,22)14-9-13(24-10(14)2)16-19-15(20-23-16)11-4-6-12(17)7-5-11/h4-7,9,18H,3,8H2,1-2H3. The predicted octanol–water partition coefficient (Wildman–Crippen LogP) is 4.12. The van der Waals surface area contributed by atoms with Crippen molar-refractivity contribution in [2.45, 2.75) is 25.2 Å². The number of sulfonamides is 1. The van der Waals surface area contributed by atoms with Crippen molar-refractivity contribution >= 4 is 33.0 Å². The Bertz CT molecular complexity index is 978. The zero-order chi connectivity index (χ0) is 18.0. The number of hydrogen-bond acceptors (Lipinski definition) is 6. The van der Waals surface area contributed by atoms with E-state index in [9.17, 15) is 8.42 Å². The van der Waals surface area contributed by atoms with Crippen LogP contribution in [0, 0.1) is 6.92 Å². The van der Waals surface area contributed by atoms with E-state index < -0.39 is 10.0 Å². The van der Waals surface area contributed by atoms with E-state index >= 15 is 0 Å². The summed E-state index contributed by atoms with van der Waals surface area (Å²) >= 11 is 7.18. The minimum Gasteiger partial charge on any atom is -0.333 e. The van der Waals surface area contributed by atoms with Gasteiger partial charge in [0.1, 0.15) is 0 Å². The second-order valence-corrected chi connectivity index (χ2v) is 8.79. The fourth-order valence-corrected chi connectivity index (χ4v) is 4.96. The SMILES string of the molecule is CCCNS(=O)(=O)c1cc(-c2nc(-c3ccc(Cl)cc3)no2)sc1C. The summed E-state index contributed by atoms with van der Waals surface area (Å²) in [5.41, 5.74) is 0.769. The first kappa shape index (κ1) is 18.1. The molecule has 0 bridgehead atoms. The van der Waals surface area contributed by atoms with E-state index in [0.717, 1.165) is 12.0 Å². The number of aromatic nitrogens is 2. The van der Waals surface area contributed by atoms with Crippen molar-refractivity contribution in [3.05, 3.63) is 40.2 Å². The average Bonchev–Trinajstić information content (AvgIpc) is 3.21. The maximum Gasteiger partial charge on any atom is 0.268 e. The van der Waals surface area contributed by atoms with Gasteiger partial charge in [0.15, 0.2) is 0 Å². The fourth-order valence-electron chi connectivity index (χ4n) is 2.19. The van der Waals surface area contributed by atoms with Crippen LogP contribution in [0.15, 0.2) is 39.8 Å². The molecule has 0 aliphatic carbocycles. The van der Waals surface area contributed by atoms with Crippen LogP contribution in [0.5, 0.6) is 0 Å². The highest BCUT2D eigenvalue weighted by molar-refractivity contribution is 7.89. The molecule has 0 aliphatic rings. The molecule has 0 atom stereocenters. The molecule has 2 heterocycles. The summed E-state index contributed by atoms with van der Waals surface area (Å²) < 4.78 is 32.5. The van der Waals surface area contributed by atoms with Crippen molar-refractivity contribution in [2.75, 3.05) is 6.54 Å². The predicted molar refractivity (Wildman–Crippen MR) is 98.3 cm³/mol. The van der Waals surface area contributed by atoms with Crippen molar-refractivity contribution in [2.24, 2.45) is 0 Å². The molecular formula is C16H16ClN3O3S2. The largest absolute Gasteiger partial charge is 0.333 e. The molecule has 0 amide bonds. The maximum absolute atomic E-state index is 12.3. The van der Waals surface area contributed by atoms with E-state index in [0.29, 0.717) is 27.1 Å². The molecule has 0 aliphatic heterocycles. The van der Waals surface area contributed by atoms with Gasteiger partial charge in [0, 0.05) is 22.0 Å². The Morgan fingerprint density at radius 2 is 2.00 bits per heavy atom. The lowest BCUT2D eigenvalue weighted by molar-refractivity contribution is 0.433. The van der Waals surface area contributed by atoms with Crippen LogP contribution in [0.2, 0.25) is 5.02 Å². The Morgan fingerprint density at radius 3 is 2.68 bits per heavy atom. The van der Waals surface area contributed by atoms with Gasteiger partial charge < -0.3 is 4.52 Å². The summed E-state index contributed by atoms with van der Waals surface area (Å²) in [6, 6.07) is 8.64. The topological polar surface area (TPSA) is 85.1 Å². The summed E-state index contributed by atoms with van der Waals surface area (Å²) in [5, 5.41) is 4.58. The molecular weight excluding hydrogens is 382 g/mol. The summed E-state index contributed by atoms with van der Waals surface area (Å²) in [6.45, 7) is 4.06. The first-order chi connectivity index (χ1) is 11.9. The zero-order valence-corrected chi connectivity index (χ0v) is 16.0. The quantitative estimate of drug-likeness (QED) is 0.676. The number of hydrogen-bond donors (Lipinski definition) is 1. The van der Waals surface area contributed by atoms with Gasteiger partial charge in [-0.1, -0.05) is 23.7 Å². The second-order valence-electron chi connectivity index (χ2n) is 5.36. The van der Waals surface area contributed by atoms with Gasteiger partial charge in [0.2, 0.25) is 15.8 Å². The zero-order valence-electron chi connectivity index (χ0n) is 13.6. The average molecular weight is 398 g/mol. The van der Waals surface area contributed by atoms with E-state index in [1.807, 2.05) is 6.92 Å². The van der Waals surface area contributed by atoms with E-state index in [1.165, 1.54) is 11.3 Å². The number of halogens is 1. The highest BCUT2D eigenvalue weighted by atomic mass is 35.5. The molecule has 9 heteroatoms. The molecule has 25 heavy (non-hydrogen) atoms. The summed E-state index contributed by atoms with van der Waals surface area (Å²) in [4.78, 5) is 5.88. The molecule has 0 spiro atoms. The van der Waals surface area contributed by atoms with Crippen LogP contribution in [0.3, 0.4) is 0 Å². The summed E-state index contributed by atoms with van der Waals surface area (Å²) in [5.74, 6) is 0.709. The van der Waals surface area contributed by atoms with Crippen LogP contribution in [0.4, 0.5) is 0 Å². The molecule has 0 saturated heterocycles. The molecule has 0 fully saturated rings. The summed E-state index contributed by atoms with van der Waals surface area (Å²) in [7, 11) is -3.53. The Morgan fingerprint density at radius 1 is 1.28 bits per heavy atom. The van der Waals surface area contributed by atoms with Crippen LogP contribution < -0.4 is 4.72 Å². The smallest absolute Gasteiger partial charge is 0.268 e. The minimum atomic E-state index is -3.53. The molecule has 1 aromatic carbocycles. The van der Waals surface area contributed by atoms with E-state index in [2.05, 4.69) is 14.9 Å². The Kier molecular flexibility index (Phi) is 5.24. The Balaban J connectivity index is 1.91. The molecule has 6 nitrogen and oxygen atoms in total. The molecule has 0 radical (unpaired) electrons. The third-order valence-electron chi connectivity index (χ3n) is 3.44. The van der Waals surface area contributed by atoms with Crippen LogP contribution in [-0.2, 0) is 10.0 Å². The van der Waals surface area contributed by atoms with Gasteiger partial charge in [-0.3, -0.25) is 0 Å². The van der Waals surface area contributed by atoms with Crippen molar-refractivity contribution < 1.29 is 12.9 Å². The molecule has 3 rings (SSSR count). The summed E-state index contributed by atoms with van der Waals surface area (Å²) in [6.07, 6.45) is 0.726. The van der Waals surface area contributed by atoms with Crippen molar-refractivity contribution in [1.29, 1.82) is 0 Å². The van der Waals surface area contributed by atoms with Crippen molar-refractivity contribution in [3.63, 3.8) is 0 Å². The number of thiophene rings is 1. The van der Waals surface area contributed by atoms with Crippen LogP contribution >= 0.6 is 22.9 Å². The van der Waals surface area contributed by atoms with E-state index in [1.54, 1.807) is 37.3 Å². The van der Waals surface area contributed by atoms with Crippen molar-refractivity contribution in [1.82, 2.24) is 14.9 Å². The molecule has 132 valence electrons. The fraction of sp³-hybridized carbons (Fsp3) is 0.250. The number of nitrogens with one attached hydrogen (secondary N) is 1. The van der Waals surface area contributed by atoms with Gasteiger partial charge in [-0.2, -0.15) is 4.98 Å². The third kappa shape index (κ3) is 3.92. The van der Waals surface area contributed by atoms with Gasteiger partial charge in [-0.25, -0.2) is 13.1 Å². The lowest BCUT2D eigenvalue weighted by Gasteiger charge is -2.03. The highest BCUT2D eigenvalue weighted by Gasteiger charge is 2.22. The van der Waals surface area contributed by atoms with Gasteiger partial charge in [0.25, 0.3) is 5.89 Å². The first-order valence-electron chi connectivity index (χ1n) is 7.61. The van der Waals surface area contributed by atoms with Crippen LogP contribution in [-0.4, -0.2) is 25.1 Å². The van der Waals surface area contributed by atoms with Crippen LogP contribution in [0.1, 0.15) is 18.2 Å². The van der Waals surface area contributed by atoms with Gasteiger partial charge in [-0.05, 0) is 43.7 Å². The molecule has 1 N–H and O–H groups in total. The van der Waals surface area contributed by atoms with E-state index in [-0.39, 0.29) is 10.8 Å². The third-order valence-corrected chi connectivity index (χ3v) is 6.45. The number of benzene rings is 1. The van der Waals surface area contributed by atoms with E-state index in [4.69, 9.17) is 16.1 Å². The van der Waals surface area contributed by atoms with Gasteiger partial charge in [-0.15, -0.1) is 11.3 Å². The number of nitrogens with zero attached hydrogens (tertiary/aromatic N) is 2. The number of rotatable bonds is 6. The van der Waals surface area contributed by atoms with Gasteiger partial charge in [0.05, 0.1) is 9.77 Å². The molecule has 0 saturated carbocycles. The Labute approximate surface area is 154 Å². The van der Waals surface area contributed by atoms with Crippen molar-refractivity contribution in [3.8, 4) is 22.2 Å². The molecule has 2 aromatic heterocycles. The molecule has 0 unspecified atom stereocenters. The first-order valence-corrected chi connectivity index (χ1v) is 10.3. The van der Waals surface area contributed by atoms with Gasteiger partial charge >= 0.3 is 0 Å².